The molecule has 2 N–H and O–H groups in total. The Bertz CT molecular complexity index is 508. The molecule has 0 saturated heterocycles. The van der Waals surface area contributed by atoms with Crippen LogP contribution in [0.25, 0.3) is 0 Å². The molecule has 0 spiro atoms. The van der Waals surface area contributed by atoms with Crippen LogP contribution in [0.4, 0.5) is 0 Å². The second-order valence-corrected chi connectivity index (χ2v) is 3.61. The van der Waals surface area contributed by atoms with Gasteiger partial charge in [-0.3, -0.25) is 19.1 Å². The monoisotopic (exact) mass is 261 g/mol. The number of aromatic amines is 1. The molecule has 0 fully saturated rings. The second-order valence-electron chi connectivity index (χ2n) is 3.21. The number of carbonyl (C=O) groups excluding carboxylic acids is 1. The molecule has 1 rings (SSSR count). The molecule has 1 aromatic heterocycles. The molecule has 0 bridgehead atoms. The zero-order chi connectivity index (χ0) is 12.8. The third kappa shape index (κ3) is 4.04. The highest BCUT2D eigenvalue weighted by molar-refractivity contribution is 6.30. The van der Waals surface area contributed by atoms with Crippen LogP contribution in [0.1, 0.15) is 0 Å². The Labute approximate surface area is 101 Å². The minimum atomic E-state index is -0.679. The highest BCUT2D eigenvalue weighted by atomic mass is 35.5. The number of nitrogens with zero attached hydrogens (tertiary/aromatic N) is 1. The van der Waals surface area contributed by atoms with Gasteiger partial charge < -0.3 is 10.1 Å². The van der Waals surface area contributed by atoms with E-state index in [0.29, 0.717) is 13.2 Å². The van der Waals surface area contributed by atoms with Gasteiger partial charge in [0.1, 0.15) is 11.6 Å². The Balaban J connectivity index is 2.69. The molecular weight excluding hydrogens is 250 g/mol. The van der Waals surface area contributed by atoms with Crippen LogP contribution in [0.15, 0.2) is 15.8 Å². The van der Waals surface area contributed by atoms with Crippen LogP contribution in [0.2, 0.25) is 5.02 Å². The molecular formula is C9H12ClN3O4. The van der Waals surface area contributed by atoms with Crippen LogP contribution in [0.3, 0.4) is 0 Å². The van der Waals surface area contributed by atoms with E-state index in [1.807, 2.05) is 4.98 Å². The number of amides is 1. The molecule has 17 heavy (non-hydrogen) atoms. The third-order valence-electron chi connectivity index (χ3n) is 1.91. The van der Waals surface area contributed by atoms with Gasteiger partial charge in [0.15, 0.2) is 0 Å². The minimum Gasteiger partial charge on any atom is -0.383 e. The molecule has 0 aliphatic rings. The second kappa shape index (κ2) is 6.21. The van der Waals surface area contributed by atoms with Crippen LogP contribution >= 0.6 is 11.6 Å². The van der Waals surface area contributed by atoms with Crippen molar-refractivity contribution in [2.75, 3.05) is 20.3 Å². The maximum Gasteiger partial charge on any atom is 0.328 e. The van der Waals surface area contributed by atoms with Gasteiger partial charge >= 0.3 is 5.69 Å². The van der Waals surface area contributed by atoms with Gasteiger partial charge in [-0.25, -0.2) is 4.79 Å². The topological polar surface area (TPSA) is 93.2 Å². The summed E-state index contributed by atoms with van der Waals surface area (Å²) in [5.74, 6) is -0.368. The number of aromatic nitrogens is 2. The van der Waals surface area contributed by atoms with Crippen molar-refractivity contribution in [3.63, 3.8) is 0 Å². The summed E-state index contributed by atoms with van der Waals surface area (Å²) in [6, 6.07) is 0. The van der Waals surface area contributed by atoms with Gasteiger partial charge in [0.25, 0.3) is 5.56 Å². The van der Waals surface area contributed by atoms with E-state index in [0.717, 1.165) is 10.8 Å². The van der Waals surface area contributed by atoms with E-state index in [1.54, 1.807) is 0 Å². The normalized spacial score (nSPS) is 10.2. The Morgan fingerprint density at radius 1 is 1.59 bits per heavy atom. The zero-order valence-corrected chi connectivity index (χ0v) is 9.91. The van der Waals surface area contributed by atoms with Crippen molar-refractivity contribution in [2.24, 2.45) is 0 Å². The number of H-pyrrole nitrogens is 1. The summed E-state index contributed by atoms with van der Waals surface area (Å²) in [6.45, 7) is 0.521. The Kier molecular flexibility index (Phi) is 4.92. The van der Waals surface area contributed by atoms with Gasteiger partial charge in [-0.2, -0.15) is 0 Å². The number of halogens is 1. The Morgan fingerprint density at radius 3 is 2.94 bits per heavy atom. The molecule has 0 aromatic carbocycles. The number of methoxy groups -OCH3 is 1. The summed E-state index contributed by atoms with van der Waals surface area (Å²) in [7, 11) is 1.51. The van der Waals surface area contributed by atoms with Gasteiger partial charge in [0.2, 0.25) is 5.91 Å². The largest absolute Gasteiger partial charge is 0.383 e. The van der Waals surface area contributed by atoms with Crippen LogP contribution in [0.5, 0.6) is 0 Å². The first kappa shape index (κ1) is 13.5. The SMILES string of the molecule is COCCNC(=O)Cn1cc(Cl)c(=O)[nH]c1=O. The summed E-state index contributed by atoms with van der Waals surface area (Å²) in [5.41, 5.74) is -1.35. The van der Waals surface area contributed by atoms with Crippen LogP contribution in [-0.2, 0) is 16.1 Å². The lowest BCUT2D eigenvalue weighted by Crippen LogP contribution is -2.36. The lowest BCUT2D eigenvalue weighted by molar-refractivity contribution is -0.121. The number of hydrogen-bond donors (Lipinski definition) is 2. The van der Waals surface area contributed by atoms with Crippen LogP contribution < -0.4 is 16.6 Å². The van der Waals surface area contributed by atoms with E-state index in [4.69, 9.17) is 16.3 Å². The number of carbonyl (C=O) groups is 1. The fourth-order valence-corrected chi connectivity index (χ4v) is 1.27. The molecule has 7 nitrogen and oxygen atoms in total. The molecule has 0 unspecified atom stereocenters. The summed E-state index contributed by atoms with van der Waals surface area (Å²) in [6.07, 6.45) is 1.12. The van der Waals surface area contributed by atoms with E-state index in [-0.39, 0.29) is 17.5 Å². The lowest BCUT2D eigenvalue weighted by Gasteiger charge is -2.06. The first-order valence-corrected chi connectivity index (χ1v) is 5.17. The van der Waals surface area contributed by atoms with Crippen molar-refractivity contribution in [1.82, 2.24) is 14.9 Å². The van der Waals surface area contributed by atoms with E-state index in [9.17, 15) is 14.4 Å². The number of ether oxygens (including phenoxy) is 1. The first-order valence-electron chi connectivity index (χ1n) is 4.79. The number of rotatable bonds is 5. The zero-order valence-electron chi connectivity index (χ0n) is 9.16. The summed E-state index contributed by atoms with van der Waals surface area (Å²) in [5, 5.41) is 2.39. The quantitative estimate of drug-likeness (QED) is 0.662. The fourth-order valence-electron chi connectivity index (χ4n) is 1.10. The van der Waals surface area contributed by atoms with Gasteiger partial charge in [-0.05, 0) is 0 Å². The summed E-state index contributed by atoms with van der Waals surface area (Å²) < 4.78 is 5.77. The lowest BCUT2D eigenvalue weighted by atomic mass is 10.5. The predicted octanol–water partition coefficient (Wildman–Crippen LogP) is -1.05. The molecule has 0 radical (unpaired) electrons. The van der Waals surface area contributed by atoms with E-state index >= 15 is 0 Å². The maximum atomic E-state index is 11.4. The summed E-state index contributed by atoms with van der Waals surface area (Å²) >= 11 is 5.54. The maximum absolute atomic E-state index is 11.4. The molecule has 94 valence electrons. The molecule has 1 amide bonds. The Morgan fingerprint density at radius 2 is 2.29 bits per heavy atom. The predicted molar refractivity (Wildman–Crippen MR) is 61.2 cm³/mol. The molecule has 1 heterocycles. The highest BCUT2D eigenvalue weighted by Crippen LogP contribution is 1.95. The van der Waals surface area contributed by atoms with Crippen molar-refractivity contribution in [3.05, 3.63) is 32.1 Å². The fraction of sp³-hybridized carbons (Fsp3) is 0.444. The third-order valence-corrected chi connectivity index (χ3v) is 2.18. The van der Waals surface area contributed by atoms with Crippen molar-refractivity contribution < 1.29 is 9.53 Å². The van der Waals surface area contributed by atoms with E-state index in [2.05, 4.69) is 5.32 Å². The number of nitrogens with one attached hydrogen (secondary N) is 2. The van der Waals surface area contributed by atoms with Crippen molar-refractivity contribution in [3.8, 4) is 0 Å². The molecule has 8 heteroatoms. The summed E-state index contributed by atoms with van der Waals surface area (Å²) in [4.78, 5) is 35.6. The minimum absolute atomic E-state index is 0.144. The van der Waals surface area contributed by atoms with Crippen molar-refractivity contribution in [1.29, 1.82) is 0 Å². The smallest absolute Gasteiger partial charge is 0.328 e. The van der Waals surface area contributed by atoms with Gasteiger partial charge in [-0.1, -0.05) is 11.6 Å². The van der Waals surface area contributed by atoms with Gasteiger partial charge in [0.05, 0.1) is 6.61 Å². The van der Waals surface area contributed by atoms with Crippen molar-refractivity contribution in [2.45, 2.75) is 6.54 Å². The molecule has 0 aliphatic carbocycles. The van der Waals surface area contributed by atoms with E-state index < -0.39 is 11.2 Å². The first-order chi connectivity index (χ1) is 8.04. The van der Waals surface area contributed by atoms with Gasteiger partial charge in [-0.15, -0.1) is 0 Å². The average Bonchev–Trinajstić information content (AvgIpc) is 2.26. The average molecular weight is 262 g/mol. The van der Waals surface area contributed by atoms with Gasteiger partial charge in [0, 0.05) is 19.9 Å². The van der Waals surface area contributed by atoms with Crippen molar-refractivity contribution >= 4 is 17.5 Å². The molecule has 0 aliphatic heterocycles. The highest BCUT2D eigenvalue weighted by Gasteiger charge is 2.06. The standard InChI is InChI=1S/C9H12ClN3O4/c1-17-3-2-11-7(14)5-13-4-6(10)8(15)12-9(13)16/h4H,2-3,5H2,1H3,(H,11,14)(H,12,15,16). The Hall–Kier alpha value is -1.60. The van der Waals surface area contributed by atoms with Crippen LogP contribution in [-0.4, -0.2) is 35.7 Å². The van der Waals surface area contributed by atoms with Crippen LogP contribution in [0, 0.1) is 0 Å². The molecule has 1 aromatic rings. The molecule has 0 atom stereocenters. The van der Waals surface area contributed by atoms with E-state index in [1.165, 1.54) is 7.11 Å². The number of hydrogen-bond acceptors (Lipinski definition) is 4. The molecule has 0 saturated carbocycles.